The highest BCUT2D eigenvalue weighted by Gasteiger charge is 2.17. The normalized spacial score (nSPS) is 14.4. The summed E-state index contributed by atoms with van der Waals surface area (Å²) in [5, 5.41) is 6.42. The van der Waals surface area contributed by atoms with E-state index in [1.807, 2.05) is 60.8 Å². The molecule has 0 radical (unpaired) electrons. The van der Waals surface area contributed by atoms with Gasteiger partial charge in [-0.1, -0.05) is 12.1 Å². The zero-order chi connectivity index (χ0) is 22.2. The molecule has 1 aliphatic heterocycles. The van der Waals surface area contributed by atoms with Crippen LogP contribution in [0.3, 0.4) is 0 Å². The van der Waals surface area contributed by atoms with Crippen molar-refractivity contribution in [2.45, 2.75) is 18.9 Å². The van der Waals surface area contributed by atoms with Gasteiger partial charge in [-0.05, 0) is 48.7 Å². The monoisotopic (exact) mass is 432 g/mol. The van der Waals surface area contributed by atoms with E-state index in [1.54, 1.807) is 6.20 Å². The van der Waals surface area contributed by atoms with Gasteiger partial charge in [0.2, 0.25) is 5.95 Å². The van der Waals surface area contributed by atoms with Gasteiger partial charge in [0.25, 0.3) is 0 Å². The first-order valence-electron chi connectivity index (χ1n) is 10.7. The number of aromatic nitrogens is 2. The SMILES string of the molecule is NC/C=C\Nc1cccc(Nc2nccc(-c3ccc(OC4CCOCC4)c(N)c3)n2)c1. The first kappa shape index (κ1) is 21.6. The number of hydrogen-bond donors (Lipinski definition) is 4. The van der Waals surface area contributed by atoms with E-state index in [9.17, 15) is 0 Å². The molecule has 0 aliphatic carbocycles. The minimum Gasteiger partial charge on any atom is -0.488 e. The van der Waals surface area contributed by atoms with Crippen LogP contribution < -0.4 is 26.8 Å². The lowest BCUT2D eigenvalue weighted by atomic mass is 10.1. The van der Waals surface area contributed by atoms with Gasteiger partial charge in [-0.15, -0.1) is 0 Å². The molecule has 166 valence electrons. The van der Waals surface area contributed by atoms with E-state index in [0.29, 0.717) is 23.9 Å². The minimum absolute atomic E-state index is 0.141. The number of ether oxygens (including phenoxy) is 2. The van der Waals surface area contributed by atoms with Crippen LogP contribution in [0.25, 0.3) is 11.3 Å². The molecule has 8 heteroatoms. The maximum Gasteiger partial charge on any atom is 0.227 e. The molecular formula is C24H28N6O2. The second-order valence-corrected chi connectivity index (χ2v) is 7.44. The van der Waals surface area contributed by atoms with Gasteiger partial charge in [-0.25, -0.2) is 9.97 Å². The van der Waals surface area contributed by atoms with Crippen molar-refractivity contribution in [3.05, 3.63) is 67.0 Å². The third-order valence-electron chi connectivity index (χ3n) is 5.05. The quantitative estimate of drug-likeness (QED) is 0.396. The summed E-state index contributed by atoms with van der Waals surface area (Å²) < 4.78 is 11.4. The van der Waals surface area contributed by atoms with Gasteiger partial charge in [0, 0.05) is 42.5 Å². The summed E-state index contributed by atoms with van der Waals surface area (Å²) in [4.78, 5) is 8.99. The van der Waals surface area contributed by atoms with Gasteiger partial charge in [0.15, 0.2) is 0 Å². The van der Waals surface area contributed by atoms with Crippen molar-refractivity contribution in [3.63, 3.8) is 0 Å². The molecule has 32 heavy (non-hydrogen) atoms. The summed E-state index contributed by atoms with van der Waals surface area (Å²) in [5.74, 6) is 1.19. The molecule has 0 atom stereocenters. The molecule has 2 aromatic carbocycles. The fraction of sp³-hybridized carbons (Fsp3) is 0.250. The van der Waals surface area contributed by atoms with Gasteiger partial charge < -0.3 is 31.6 Å². The third kappa shape index (κ3) is 5.75. The van der Waals surface area contributed by atoms with E-state index in [2.05, 4.69) is 20.6 Å². The molecule has 1 aromatic heterocycles. The second-order valence-electron chi connectivity index (χ2n) is 7.44. The van der Waals surface area contributed by atoms with Gasteiger partial charge in [-0.2, -0.15) is 0 Å². The summed E-state index contributed by atoms with van der Waals surface area (Å²) in [6, 6.07) is 15.4. The highest BCUT2D eigenvalue weighted by Crippen LogP contribution is 2.30. The van der Waals surface area contributed by atoms with E-state index in [-0.39, 0.29) is 6.10 Å². The van der Waals surface area contributed by atoms with Crippen molar-refractivity contribution in [2.24, 2.45) is 5.73 Å². The van der Waals surface area contributed by atoms with E-state index < -0.39 is 0 Å². The number of nitrogens with two attached hydrogens (primary N) is 2. The standard InChI is InChI=1S/C24H28N6O2/c25-10-2-11-27-18-3-1-4-19(16-18)29-24-28-12-7-22(30-24)17-5-6-23(21(26)15-17)32-20-8-13-31-14-9-20/h1-7,11-12,15-16,20,27H,8-10,13-14,25-26H2,(H,28,29,30)/b11-2-. The zero-order valence-corrected chi connectivity index (χ0v) is 17.8. The molecule has 0 unspecified atom stereocenters. The van der Waals surface area contributed by atoms with Crippen LogP contribution in [0.15, 0.2) is 67.0 Å². The van der Waals surface area contributed by atoms with E-state index in [4.69, 9.17) is 20.9 Å². The van der Waals surface area contributed by atoms with Crippen LogP contribution >= 0.6 is 0 Å². The molecule has 1 fully saturated rings. The van der Waals surface area contributed by atoms with Crippen molar-refractivity contribution < 1.29 is 9.47 Å². The molecule has 0 saturated carbocycles. The lowest BCUT2D eigenvalue weighted by Crippen LogP contribution is -2.26. The number of anilines is 4. The topological polar surface area (TPSA) is 120 Å². The highest BCUT2D eigenvalue weighted by molar-refractivity contribution is 5.69. The molecular weight excluding hydrogens is 404 g/mol. The van der Waals surface area contributed by atoms with Crippen LogP contribution in [-0.4, -0.2) is 35.8 Å². The van der Waals surface area contributed by atoms with Crippen molar-refractivity contribution in [2.75, 3.05) is 36.1 Å². The second kappa shape index (κ2) is 10.6. The van der Waals surface area contributed by atoms with Crippen LogP contribution in [0.5, 0.6) is 5.75 Å². The molecule has 1 saturated heterocycles. The predicted octanol–water partition coefficient (Wildman–Crippen LogP) is 3.91. The Morgan fingerprint density at radius 1 is 1.09 bits per heavy atom. The molecule has 3 aromatic rings. The van der Waals surface area contributed by atoms with Crippen molar-refractivity contribution >= 4 is 23.0 Å². The Balaban J connectivity index is 1.46. The van der Waals surface area contributed by atoms with E-state index >= 15 is 0 Å². The average Bonchev–Trinajstić information content (AvgIpc) is 2.82. The fourth-order valence-electron chi connectivity index (χ4n) is 3.41. The summed E-state index contributed by atoms with van der Waals surface area (Å²) >= 11 is 0. The van der Waals surface area contributed by atoms with Crippen molar-refractivity contribution in [3.8, 4) is 17.0 Å². The third-order valence-corrected chi connectivity index (χ3v) is 5.05. The molecule has 2 heterocycles. The van der Waals surface area contributed by atoms with Crippen LogP contribution in [-0.2, 0) is 4.74 Å². The van der Waals surface area contributed by atoms with Crippen LogP contribution in [0.2, 0.25) is 0 Å². The van der Waals surface area contributed by atoms with E-state index in [0.717, 1.165) is 48.7 Å². The molecule has 6 N–H and O–H groups in total. The van der Waals surface area contributed by atoms with Crippen molar-refractivity contribution in [1.82, 2.24) is 9.97 Å². The molecule has 0 spiro atoms. The Hall–Kier alpha value is -3.62. The Kier molecular flexibility index (Phi) is 7.16. The molecule has 0 amide bonds. The maximum absolute atomic E-state index is 6.27. The lowest BCUT2D eigenvalue weighted by molar-refractivity contribution is 0.0259. The van der Waals surface area contributed by atoms with Crippen LogP contribution in [0.1, 0.15) is 12.8 Å². The largest absolute Gasteiger partial charge is 0.488 e. The zero-order valence-electron chi connectivity index (χ0n) is 17.8. The van der Waals surface area contributed by atoms with Crippen LogP contribution in [0, 0.1) is 0 Å². The molecule has 0 bridgehead atoms. The molecule has 8 nitrogen and oxygen atoms in total. The number of hydrogen-bond acceptors (Lipinski definition) is 8. The number of nitrogens with zero attached hydrogens (tertiary/aromatic N) is 2. The average molecular weight is 433 g/mol. The number of benzene rings is 2. The van der Waals surface area contributed by atoms with Gasteiger partial charge in [0.05, 0.1) is 24.6 Å². The molecule has 1 aliphatic rings. The first-order chi connectivity index (χ1) is 15.7. The Labute approximate surface area is 187 Å². The van der Waals surface area contributed by atoms with Gasteiger partial charge in [-0.3, -0.25) is 0 Å². The summed E-state index contributed by atoms with van der Waals surface area (Å²) in [5.41, 5.74) is 15.8. The van der Waals surface area contributed by atoms with Gasteiger partial charge in [0.1, 0.15) is 11.9 Å². The Morgan fingerprint density at radius 3 is 2.75 bits per heavy atom. The summed E-state index contributed by atoms with van der Waals surface area (Å²) in [6.07, 6.45) is 7.28. The lowest BCUT2D eigenvalue weighted by Gasteiger charge is -2.24. The highest BCUT2D eigenvalue weighted by atomic mass is 16.5. The Bertz CT molecular complexity index is 1070. The van der Waals surface area contributed by atoms with E-state index in [1.165, 1.54) is 0 Å². The number of rotatable bonds is 8. The van der Waals surface area contributed by atoms with Gasteiger partial charge >= 0.3 is 0 Å². The smallest absolute Gasteiger partial charge is 0.227 e. The Morgan fingerprint density at radius 2 is 1.94 bits per heavy atom. The maximum atomic E-state index is 6.27. The first-order valence-corrected chi connectivity index (χ1v) is 10.7. The molecule has 4 rings (SSSR count). The number of nitrogens with one attached hydrogen (secondary N) is 2. The summed E-state index contributed by atoms with van der Waals surface area (Å²) in [6.45, 7) is 1.93. The minimum atomic E-state index is 0.141. The van der Waals surface area contributed by atoms with Crippen molar-refractivity contribution in [1.29, 1.82) is 0 Å². The van der Waals surface area contributed by atoms with Crippen LogP contribution in [0.4, 0.5) is 23.0 Å². The predicted molar refractivity (Wildman–Crippen MR) is 128 cm³/mol. The number of nitrogen functional groups attached to an aromatic ring is 1. The summed E-state index contributed by atoms with van der Waals surface area (Å²) in [7, 11) is 0. The fourth-order valence-corrected chi connectivity index (χ4v) is 3.41.